The number of hydrogen-bond acceptors (Lipinski definition) is 5. The van der Waals surface area contributed by atoms with E-state index in [1.165, 1.54) is 12.3 Å². The molecule has 104 valence electrons. The van der Waals surface area contributed by atoms with Crippen molar-refractivity contribution in [1.29, 1.82) is 0 Å². The molecule has 2 aromatic heterocycles. The summed E-state index contributed by atoms with van der Waals surface area (Å²) in [5.74, 6) is 1.45. The molecule has 3 rings (SSSR count). The van der Waals surface area contributed by atoms with E-state index in [1.807, 2.05) is 12.1 Å². The van der Waals surface area contributed by atoms with Gasteiger partial charge in [-0.3, -0.25) is 0 Å². The van der Waals surface area contributed by atoms with Gasteiger partial charge in [0.05, 0.1) is 18.1 Å². The van der Waals surface area contributed by atoms with E-state index >= 15 is 0 Å². The highest BCUT2D eigenvalue weighted by molar-refractivity contribution is 5.48. The third-order valence-corrected chi connectivity index (χ3v) is 3.41. The van der Waals surface area contributed by atoms with Crippen LogP contribution in [0.3, 0.4) is 0 Å². The number of halogens is 1. The van der Waals surface area contributed by atoms with E-state index in [4.69, 9.17) is 5.73 Å². The summed E-state index contributed by atoms with van der Waals surface area (Å²) in [4.78, 5) is 12.8. The van der Waals surface area contributed by atoms with Crippen molar-refractivity contribution in [3.8, 4) is 0 Å². The zero-order valence-corrected chi connectivity index (χ0v) is 11.0. The van der Waals surface area contributed by atoms with Crippen molar-refractivity contribution >= 4 is 17.3 Å². The van der Waals surface area contributed by atoms with Crippen LogP contribution in [0.5, 0.6) is 0 Å². The molecular formula is C14H16FN5. The summed E-state index contributed by atoms with van der Waals surface area (Å²) < 4.78 is 12.9. The molecule has 6 heteroatoms. The van der Waals surface area contributed by atoms with Crippen LogP contribution in [0.2, 0.25) is 0 Å². The summed E-state index contributed by atoms with van der Waals surface area (Å²) in [5, 5.41) is 0. The van der Waals surface area contributed by atoms with Crippen molar-refractivity contribution in [3.05, 3.63) is 42.5 Å². The van der Waals surface area contributed by atoms with Crippen LogP contribution in [0.4, 0.5) is 21.7 Å². The molecule has 3 heterocycles. The maximum absolute atomic E-state index is 12.9. The number of hydrogen-bond donors (Lipinski definition) is 1. The Balaban J connectivity index is 1.64. The van der Waals surface area contributed by atoms with E-state index in [1.54, 1.807) is 12.3 Å². The first-order valence-electron chi connectivity index (χ1n) is 6.55. The van der Waals surface area contributed by atoms with Gasteiger partial charge in [0, 0.05) is 26.2 Å². The fraction of sp³-hybridized carbons (Fsp3) is 0.286. The lowest BCUT2D eigenvalue weighted by Gasteiger charge is -2.36. The van der Waals surface area contributed by atoms with Gasteiger partial charge in [-0.05, 0) is 24.3 Å². The van der Waals surface area contributed by atoms with Gasteiger partial charge in [0.15, 0.2) is 0 Å². The maximum Gasteiger partial charge on any atom is 0.141 e. The predicted octanol–water partition coefficient (Wildman–Crippen LogP) is 1.52. The lowest BCUT2D eigenvalue weighted by atomic mass is 10.3. The summed E-state index contributed by atoms with van der Waals surface area (Å²) >= 11 is 0. The second kappa shape index (κ2) is 5.32. The summed E-state index contributed by atoms with van der Waals surface area (Å²) in [6.45, 7) is 3.39. The normalized spacial score (nSPS) is 15.4. The second-order valence-corrected chi connectivity index (χ2v) is 4.76. The Labute approximate surface area is 116 Å². The fourth-order valence-corrected chi connectivity index (χ4v) is 2.30. The molecule has 5 nitrogen and oxygen atoms in total. The van der Waals surface area contributed by atoms with Crippen LogP contribution in [0.15, 0.2) is 36.7 Å². The van der Waals surface area contributed by atoms with Crippen molar-refractivity contribution in [3.63, 3.8) is 0 Å². The van der Waals surface area contributed by atoms with Crippen LogP contribution in [-0.2, 0) is 0 Å². The lowest BCUT2D eigenvalue weighted by molar-refractivity contribution is 0.614. The number of nitrogens with two attached hydrogens (primary N) is 1. The minimum absolute atomic E-state index is 0.307. The van der Waals surface area contributed by atoms with Crippen LogP contribution in [0, 0.1) is 5.82 Å². The Bertz CT molecular complexity index is 508. The number of pyridine rings is 2. The smallest absolute Gasteiger partial charge is 0.141 e. The van der Waals surface area contributed by atoms with Crippen LogP contribution in [0.25, 0.3) is 0 Å². The van der Waals surface area contributed by atoms with Crippen LogP contribution < -0.4 is 15.5 Å². The highest BCUT2D eigenvalue weighted by Crippen LogP contribution is 2.18. The van der Waals surface area contributed by atoms with Gasteiger partial charge in [-0.2, -0.15) is 0 Å². The standard InChI is InChI=1S/C14H16FN5/c15-11-1-3-13(17-9-11)19-5-7-20(8-6-19)14-4-2-12(16)10-18-14/h1-4,9-10H,5-8,16H2. The SMILES string of the molecule is Nc1ccc(N2CCN(c3ccc(F)cn3)CC2)nc1. The molecule has 0 unspecified atom stereocenters. The van der Waals surface area contributed by atoms with Gasteiger partial charge in [0.2, 0.25) is 0 Å². The molecule has 0 bridgehead atoms. The average molecular weight is 273 g/mol. The molecule has 0 radical (unpaired) electrons. The molecule has 2 N–H and O–H groups in total. The summed E-state index contributed by atoms with van der Waals surface area (Å²) in [5.41, 5.74) is 6.31. The zero-order valence-electron chi connectivity index (χ0n) is 11.0. The number of rotatable bonds is 2. The van der Waals surface area contributed by atoms with Gasteiger partial charge in [0.25, 0.3) is 0 Å². The Morgan fingerprint density at radius 1 is 0.850 bits per heavy atom. The third kappa shape index (κ3) is 2.64. The topological polar surface area (TPSA) is 58.3 Å². The lowest BCUT2D eigenvalue weighted by Crippen LogP contribution is -2.47. The Hall–Kier alpha value is -2.37. The van der Waals surface area contributed by atoms with Gasteiger partial charge in [0.1, 0.15) is 17.5 Å². The number of aromatic nitrogens is 2. The van der Waals surface area contributed by atoms with Crippen molar-refractivity contribution in [2.24, 2.45) is 0 Å². The summed E-state index contributed by atoms with van der Waals surface area (Å²) in [6, 6.07) is 6.94. The third-order valence-electron chi connectivity index (χ3n) is 3.41. The molecule has 1 saturated heterocycles. The predicted molar refractivity (Wildman–Crippen MR) is 77.3 cm³/mol. The number of nitrogen functional groups attached to an aromatic ring is 1. The number of nitrogens with zero attached hydrogens (tertiary/aromatic N) is 4. The van der Waals surface area contributed by atoms with Crippen molar-refractivity contribution in [2.75, 3.05) is 41.7 Å². The molecule has 0 atom stereocenters. The molecule has 0 aliphatic carbocycles. The van der Waals surface area contributed by atoms with Gasteiger partial charge >= 0.3 is 0 Å². The first kappa shape index (κ1) is 12.7. The van der Waals surface area contributed by atoms with Crippen molar-refractivity contribution in [1.82, 2.24) is 9.97 Å². The first-order chi connectivity index (χ1) is 9.72. The molecule has 1 aliphatic rings. The molecule has 1 aliphatic heterocycles. The molecular weight excluding hydrogens is 257 g/mol. The van der Waals surface area contributed by atoms with Crippen LogP contribution in [-0.4, -0.2) is 36.1 Å². The van der Waals surface area contributed by atoms with Crippen LogP contribution in [0.1, 0.15) is 0 Å². The van der Waals surface area contributed by atoms with Gasteiger partial charge < -0.3 is 15.5 Å². The highest BCUT2D eigenvalue weighted by atomic mass is 19.1. The minimum atomic E-state index is -0.307. The maximum atomic E-state index is 12.9. The number of anilines is 3. The van der Waals surface area contributed by atoms with E-state index in [0.29, 0.717) is 5.69 Å². The highest BCUT2D eigenvalue weighted by Gasteiger charge is 2.18. The molecule has 0 spiro atoms. The molecule has 0 saturated carbocycles. The quantitative estimate of drug-likeness (QED) is 0.899. The number of piperazine rings is 1. The molecule has 2 aromatic rings. The van der Waals surface area contributed by atoms with Gasteiger partial charge in [-0.1, -0.05) is 0 Å². The average Bonchev–Trinajstić information content (AvgIpc) is 2.49. The minimum Gasteiger partial charge on any atom is -0.397 e. The summed E-state index contributed by atoms with van der Waals surface area (Å²) in [7, 11) is 0. The largest absolute Gasteiger partial charge is 0.397 e. The van der Waals surface area contributed by atoms with E-state index in [2.05, 4.69) is 19.8 Å². The van der Waals surface area contributed by atoms with Crippen molar-refractivity contribution < 1.29 is 4.39 Å². The molecule has 0 amide bonds. The Kier molecular flexibility index (Phi) is 3.37. The summed E-state index contributed by atoms with van der Waals surface area (Å²) in [6.07, 6.45) is 2.92. The first-order valence-corrected chi connectivity index (χ1v) is 6.55. The van der Waals surface area contributed by atoms with Gasteiger partial charge in [-0.15, -0.1) is 0 Å². The molecule has 0 aromatic carbocycles. The second-order valence-electron chi connectivity index (χ2n) is 4.76. The van der Waals surface area contributed by atoms with Crippen molar-refractivity contribution in [2.45, 2.75) is 0 Å². The molecule has 20 heavy (non-hydrogen) atoms. The zero-order chi connectivity index (χ0) is 13.9. The molecule has 1 fully saturated rings. The Morgan fingerprint density at radius 2 is 1.40 bits per heavy atom. The Morgan fingerprint density at radius 3 is 1.85 bits per heavy atom. The van der Waals surface area contributed by atoms with Gasteiger partial charge in [-0.25, -0.2) is 14.4 Å². The van der Waals surface area contributed by atoms with E-state index in [0.717, 1.165) is 37.8 Å². The van der Waals surface area contributed by atoms with Crippen LogP contribution >= 0.6 is 0 Å². The monoisotopic (exact) mass is 273 g/mol. The fourth-order valence-electron chi connectivity index (χ4n) is 2.30. The van der Waals surface area contributed by atoms with E-state index < -0.39 is 0 Å². The van der Waals surface area contributed by atoms with E-state index in [-0.39, 0.29) is 5.82 Å². The van der Waals surface area contributed by atoms with E-state index in [9.17, 15) is 4.39 Å².